The van der Waals surface area contributed by atoms with Crippen molar-refractivity contribution >= 4 is 0 Å². The molecule has 2 heteroatoms. The standard InChI is InChI=1S/C5H12N2/c1-3-7-4-5(2)6/h4,7H,3,6H2,1-2H3/b5-4-. The van der Waals surface area contributed by atoms with Crippen molar-refractivity contribution in [1.82, 2.24) is 5.32 Å². The Morgan fingerprint density at radius 2 is 2.43 bits per heavy atom. The Morgan fingerprint density at radius 3 is 2.57 bits per heavy atom. The molecule has 0 atom stereocenters. The number of nitrogens with one attached hydrogen (secondary N) is 1. The van der Waals surface area contributed by atoms with E-state index in [1.165, 1.54) is 0 Å². The summed E-state index contributed by atoms with van der Waals surface area (Å²) in [6.07, 6.45) is 1.79. The van der Waals surface area contributed by atoms with Gasteiger partial charge in [0.05, 0.1) is 0 Å². The van der Waals surface area contributed by atoms with Gasteiger partial charge in [0.1, 0.15) is 0 Å². The summed E-state index contributed by atoms with van der Waals surface area (Å²) in [4.78, 5) is 0. The lowest BCUT2D eigenvalue weighted by atomic mass is 10.5. The zero-order valence-corrected chi connectivity index (χ0v) is 4.86. The lowest BCUT2D eigenvalue weighted by molar-refractivity contribution is 0.904. The Bertz CT molecular complexity index is 62.5. The number of hydrogen-bond acceptors (Lipinski definition) is 2. The molecular weight excluding hydrogens is 88.1 g/mol. The van der Waals surface area contributed by atoms with Gasteiger partial charge in [-0.15, -0.1) is 0 Å². The first-order valence-corrected chi connectivity index (χ1v) is 2.43. The first-order chi connectivity index (χ1) is 3.27. The molecule has 0 aliphatic heterocycles. The van der Waals surface area contributed by atoms with Gasteiger partial charge >= 0.3 is 0 Å². The minimum absolute atomic E-state index is 0.821. The van der Waals surface area contributed by atoms with Gasteiger partial charge in [-0.25, -0.2) is 0 Å². The highest BCUT2D eigenvalue weighted by Gasteiger charge is 1.69. The van der Waals surface area contributed by atoms with E-state index in [9.17, 15) is 0 Å². The monoisotopic (exact) mass is 100 g/mol. The van der Waals surface area contributed by atoms with Gasteiger partial charge in [0, 0.05) is 18.4 Å². The molecule has 7 heavy (non-hydrogen) atoms. The zero-order chi connectivity index (χ0) is 5.70. The molecule has 0 saturated heterocycles. The zero-order valence-electron chi connectivity index (χ0n) is 4.86. The van der Waals surface area contributed by atoms with Crippen molar-refractivity contribution in [3.05, 3.63) is 11.9 Å². The highest BCUT2D eigenvalue weighted by molar-refractivity contribution is 4.88. The van der Waals surface area contributed by atoms with Gasteiger partial charge in [-0.05, 0) is 13.8 Å². The Hall–Kier alpha value is -0.660. The summed E-state index contributed by atoms with van der Waals surface area (Å²) in [6.45, 7) is 4.82. The van der Waals surface area contributed by atoms with Crippen molar-refractivity contribution in [2.45, 2.75) is 13.8 Å². The van der Waals surface area contributed by atoms with Crippen LogP contribution in [-0.4, -0.2) is 6.54 Å². The molecule has 0 fully saturated rings. The molecule has 0 saturated carbocycles. The van der Waals surface area contributed by atoms with Gasteiger partial charge in [0.15, 0.2) is 0 Å². The molecule has 0 aromatic rings. The van der Waals surface area contributed by atoms with Crippen molar-refractivity contribution < 1.29 is 0 Å². The maximum Gasteiger partial charge on any atom is 0.0208 e. The second-order valence-corrected chi connectivity index (χ2v) is 1.45. The molecule has 0 aromatic heterocycles. The third-order valence-electron chi connectivity index (χ3n) is 0.534. The van der Waals surface area contributed by atoms with E-state index < -0.39 is 0 Å². The fourth-order valence-corrected chi connectivity index (χ4v) is 0.263. The molecule has 0 rings (SSSR count). The number of allylic oxidation sites excluding steroid dienone is 1. The molecule has 0 aliphatic carbocycles. The van der Waals surface area contributed by atoms with Crippen LogP contribution in [0.3, 0.4) is 0 Å². The predicted molar refractivity (Wildman–Crippen MR) is 31.6 cm³/mol. The number of rotatable bonds is 2. The lowest BCUT2D eigenvalue weighted by Crippen LogP contribution is -2.06. The molecule has 0 bridgehead atoms. The van der Waals surface area contributed by atoms with E-state index in [1.807, 2.05) is 13.8 Å². The Morgan fingerprint density at radius 1 is 1.86 bits per heavy atom. The molecule has 0 heterocycles. The molecule has 42 valence electrons. The predicted octanol–water partition coefficient (Wildman–Crippen LogP) is 0.416. The fourth-order valence-electron chi connectivity index (χ4n) is 0.263. The SMILES string of the molecule is CCN/C=C(/C)N. The highest BCUT2D eigenvalue weighted by Crippen LogP contribution is 1.71. The van der Waals surface area contributed by atoms with Gasteiger partial charge in [-0.3, -0.25) is 0 Å². The largest absolute Gasteiger partial charge is 0.401 e. The van der Waals surface area contributed by atoms with Crippen molar-refractivity contribution in [1.29, 1.82) is 0 Å². The van der Waals surface area contributed by atoms with E-state index >= 15 is 0 Å². The van der Waals surface area contributed by atoms with E-state index in [0.717, 1.165) is 12.2 Å². The van der Waals surface area contributed by atoms with Crippen molar-refractivity contribution in [2.24, 2.45) is 5.73 Å². The molecule has 0 unspecified atom stereocenters. The van der Waals surface area contributed by atoms with Gasteiger partial charge in [0.2, 0.25) is 0 Å². The number of nitrogens with two attached hydrogens (primary N) is 1. The molecule has 0 aliphatic rings. The van der Waals surface area contributed by atoms with Crippen molar-refractivity contribution in [2.75, 3.05) is 6.54 Å². The van der Waals surface area contributed by atoms with Crippen molar-refractivity contribution in [3.63, 3.8) is 0 Å². The van der Waals surface area contributed by atoms with Crippen molar-refractivity contribution in [3.8, 4) is 0 Å². The minimum atomic E-state index is 0.821. The van der Waals surface area contributed by atoms with Crippen LogP contribution in [-0.2, 0) is 0 Å². The maximum atomic E-state index is 5.28. The van der Waals surface area contributed by atoms with Crippen LogP contribution >= 0.6 is 0 Å². The van der Waals surface area contributed by atoms with Gasteiger partial charge in [0.25, 0.3) is 0 Å². The summed E-state index contributed by atoms with van der Waals surface area (Å²) < 4.78 is 0. The molecule has 2 nitrogen and oxygen atoms in total. The van der Waals surface area contributed by atoms with Crippen LogP contribution in [0.2, 0.25) is 0 Å². The van der Waals surface area contributed by atoms with Crippen LogP contribution in [0.4, 0.5) is 0 Å². The van der Waals surface area contributed by atoms with Gasteiger partial charge in [-0.1, -0.05) is 0 Å². The normalized spacial score (nSPS) is 11.4. The van der Waals surface area contributed by atoms with Gasteiger partial charge < -0.3 is 11.1 Å². The average molecular weight is 100 g/mol. The average Bonchev–Trinajstić information content (AvgIpc) is 1.61. The number of hydrogen-bond donors (Lipinski definition) is 2. The van der Waals surface area contributed by atoms with E-state index in [1.54, 1.807) is 6.20 Å². The molecular formula is C5H12N2. The van der Waals surface area contributed by atoms with Crippen LogP contribution < -0.4 is 11.1 Å². The summed E-state index contributed by atoms with van der Waals surface area (Å²) in [5.74, 6) is 0. The minimum Gasteiger partial charge on any atom is -0.401 e. The highest BCUT2D eigenvalue weighted by atomic mass is 14.8. The fraction of sp³-hybridized carbons (Fsp3) is 0.600. The summed E-state index contributed by atoms with van der Waals surface area (Å²) in [6, 6.07) is 0. The first-order valence-electron chi connectivity index (χ1n) is 2.43. The molecule has 3 N–H and O–H groups in total. The van der Waals surface area contributed by atoms with E-state index in [4.69, 9.17) is 5.73 Å². The molecule has 0 amide bonds. The second-order valence-electron chi connectivity index (χ2n) is 1.45. The topological polar surface area (TPSA) is 38.0 Å². The van der Waals surface area contributed by atoms with E-state index in [-0.39, 0.29) is 0 Å². The smallest absolute Gasteiger partial charge is 0.0208 e. The van der Waals surface area contributed by atoms with Crippen LogP contribution in [0.5, 0.6) is 0 Å². The third kappa shape index (κ3) is 5.34. The molecule has 0 aromatic carbocycles. The Labute approximate surface area is 44.4 Å². The van der Waals surface area contributed by atoms with E-state index in [2.05, 4.69) is 5.32 Å². The summed E-state index contributed by atoms with van der Waals surface area (Å²) in [5.41, 5.74) is 6.10. The maximum absolute atomic E-state index is 5.28. The second kappa shape index (κ2) is 3.53. The van der Waals surface area contributed by atoms with Crippen LogP contribution in [0, 0.1) is 0 Å². The lowest BCUT2D eigenvalue weighted by Gasteiger charge is -1.91. The van der Waals surface area contributed by atoms with Crippen LogP contribution in [0.25, 0.3) is 0 Å². The van der Waals surface area contributed by atoms with Gasteiger partial charge in [-0.2, -0.15) is 0 Å². The van der Waals surface area contributed by atoms with Crippen LogP contribution in [0.15, 0.2) is 11.9 Å². The van der Waals surface area contributed by atoms with E-state index in [0.29, 0.717) is 0 Å². The summed E-state index contributed by atoms with van der Waals surface area (Å²) in [7, 11) is 0. The summed E-state index contributed by atoms with van der Waals surface area (Å²) >= 11 is 0. The Kier molecular flexibility index (Phi) is 3.19. The molecule has 0 spiro atoms. The summed E-state index contributed by atoms with van der Waals surface area (Å²) in [5, 5.41) is 2.96. The Balaban J connectivity index is 3.08. The third-order valence-corrected chi connectivity index (χ3v) is 0.534. The van der Waals surface area contributed by atoms with Crippen LogP contribution in [0.1, 0.15) is 13.8 Å². The quantitative estimate of drug-likeness (QED) is 0.527. The first kappa shape index (κ1) is 6.34. The molecule has 0 radical (unpaired) electrons.